The first-order valence-electron chi connectivity index (χ1n) is 9.95. The summed E-state index contributed by atoms with van der Waals surface area (Å²) in [5.74, 6) is -0.0139. The van der Waals surface area contributed by atoms with Crippen molar-refractivity contribution in [3.8, 4) is 0 Å². The molecule has 158 valence electrons. The molecule has 1 saturated heterocycles. The fourth-order valence-electron chi connectivity index (χ4n) is 3.65. The number of ketones is 1. The van der Waals surface area contributed by atoms with Gasteiger partial charge in [0.05, 0.1) is 22.7 Å². The van der Waals surface area contributed by atoms with Gasteiger partial charge in [0.1, 0.15) is 10.7 Å². The Balaban J connectivity index is 1.43. The van der Waals surface area contributed by atoms with Crippen molar-refractivity contribution in [3.63, 3.8) is 0 Å². The van der Waals surface area contributed by atoms with E-state index >= 15 is 0 Å². The number of benzene rings is 1. The Kier molecular flexibility index (Phi) is 6.01. The number of ether oxygens (including phenoxy) is 1. The fourth-order valence-corrected chi connectivity index (χ4v) is 5.63. The highest BCUT2D eigenvalue weighted by molar-refractivity contribution is 7.90. The molecule has 0 saturated carbocycles. The topological polar surface area (TPSA) is 93.1 Å². The molecule has 1 fully saturated rings. The lowest BCUT2D eigenvalue weighted by Crippen LogP contribution is -2.35. The van der Waals surface area contributed by atoms with Crippen LogP contribution in [0.4, 0.5) is 5.69 Å². The van der Waals surface area contributed by atoms with Crippen LogP contribution in [0, 0.1) is 0 Å². The third-order valence-corrected chi connectivity index (χ3v) is 7.41. The SMILES string of the molecule is O=C(OCCCC(=O)c1cccs1)c1ccc2c(c1)S(=O)(=O)N=C1CCCCCN12. The Bertz CT molecular complexity index is 1090. The molecule has 2 aliphatic heterocycles. The molecule has 1 aromatic heterocycles. The molecule has 30 heavy (non-hydrogen) atoms. The predicted octanol–water partition coefficient (Wildman–Crippen LogP) is 4.05. The molecule has 0 bridgehead atoms. The van der Waals surface area contributed by atoms with Gasteiger partial charge in [-0.3, -0.25) is 4.79 Å². The molecule has 0 radical (unpaired) electrons. The smallest absolute Gasteiger partial charge is 0.338 e. The van der Waals surface area contributed by atoms with Crippen LogP contribution in [0.15, 0.2) is 45.0 Å². The molecule has 0 amide bonds. The van der Waals surface area contributed by atoms with E-state index < -0.39 is 16.0 Å². The van der Waals surface area contributed by atoms with Crippen LogP contribution in [0.2, 0.25) is 0 Å². The number of fused-ring (bicyclic) bond motifs is 3. The van der Waals surface area contributed by atoms with E-state index in [2.05, 4.69) is 4.40 Å². The van der Waals surface area contributed by atoms with E-state index in [1.807, 2.05) is 16.3 Å². The molecule has 2 aromatic rings. The largest absolute Gasteiger partial charge is 0.462 e. The normalized spacial score (nSPS) is 17.3. The van der Waals surface area contributed by atoms with Gasteiger partial charge in [-0.05, 0) is 48.9 Å². The lowest BCUT2D eigenvalue weighted by atomic mass is 10.1. The Hall–Kier alpha value is -2.52. The van der Waals surface area contributed by atoms with E-state index in [1.54, 1.807) is 18.2 Å². The summed E-state index contributed by atoms with van der Waals surface area (Å²) >= 11 is 1.39. The maximum Gasteiger partial charge on any atom is 0.338 e. The number of carbonyl (C=O) groups is 2. The van der Waals surface area contributed by atoms with Crippen LogP contribution < -0.4 is 4.90 Å². The lowest BCUT2D eigenvalue weighted by molar-refractivity contribution is 0.0494. The molecule has 0 spiro atoms. The van der Waals surface area contributed by atoms with Gasteiger partial charge in [-0.2, -0.15) is 8.42 Å². The second-order valence-corrected chi connectivity index (χ2v) is 9.79. The minimum atomic E-state index is -3.85. The van der Waals surface area contributed by atoms with Crippen LogP contribution in [-0.2, 0) is 14.8 Å². The van der Waals surface area contributed by atoms with Crippen LogP contribution in [0.5, 0.6) is 0 Å². The number of hydrogen-bond acceptors (Lipinski definition) is 7. The van der Waals surface area contributed by atoms with Crippen molar-refractivity contribution in [2.24, 2.45) is 4.40 Å². The van der Waals surface area contributed by atoms with E-state index in [1.165, 1.54) is 17.4 Å². The van der Waals surface area contributed by atoms with Gasteiger partial charge in [0, 0.05) is 19.4 Å². The maximum atomic E-state index is 12.7. The van der Waals surface area contributed by atoms with E-state index in [0.717, 1.165) is 19.3 Å². The molecular formula is C21H22N2O5S2. The first-order chi connectivity index (χ1) is 14.5. The van der Waals surface area contributed by atoms with Crippen molar-refractivity contribution in [2.75, 3.05) is 18.1 Å². The number of esters is 1. The van der Waals surface area contributed by atoms with Gasteiger partial charge >= 0.3 is 5.97 Å². The van der Waals surface area contributed by atoms with Crippen molar-refractivity contribution in [1.82, 2.24) is 0 Å². The minimum absolute atomic E-state index is 0.0204. The van der Waals surface area contributed by atoms with Crippen LogP contribution >= 0.6 is 11.3 Å². The minimum Gasteiger partial charge on any atom is -0.462 e. The summed E-state index contributed by atoms with van der Waals surface area (Å²) in [5, 5.41) is 1.84. The highest BCUT2D eigenvalue weighted by atomic mass is 32.2. The third-order valence-electron chi connectivity index (χ3n) is 5.16. The molecule has 3 heterocycles. The standard InChI is InChI=1S/C21H22N2O5S2/c24-17(18-7-5-13-29-18)6-4-12-28-21(25)15-9-10-16-19(14-15)30(26,27)22-20-8-2-1-3-11-23(16)20/h5,7,9-10,13-14H,1-4,6,8,11-12H2. The number of rotatable bonds is 6. The van der Waals surface area contributed by atoms with E-state index in [9.17, 15) is 18.0 Å². The second-order valence-electron chi connectivity index (χ2n) is 7.27. The Morgan fingerprint density at radius 1 is 1.17 bits per heavy atom. The van der Waals surface area contributed by atoms with Gasteiger partial charge in [-0.1, -0.05) is 12.5 Å². The molecule has 1 aromatic carbocycles. The molecule has 2 aliphatic rings. The molecule has 4 rings (SSSR count). The van der Waals surface area contributed by atoms with Gasteiger partial charge in [0.2, 0.25) is 0 Å². The summed E-state index contributed by atoms with van der Waals surface area (Å²) in [7, 11) is -3.85. The Morgan fingerprint density at radius 3 is 2.83 bits per heavy atom. The highest BCUT2D eigenvalue weighted by Crippen LogP contribution is 2.35. The number of carbonyl (C=O) groups excluding carboxylic acids is 2. The van der Waals surface area contributed by atoms with Gasteiger partial charge in [0.25, 0.3) is 10.0 Å². The summed E-state index contributed by atoms with van der Waals surface area (Å²) in [4.78, 5) is 27.0. The average molecular weight is 447 g/mol. The summed E-state index contributed by atoms with van der Waals surface area (Å²) < 4.78 is 34.6. The fraction of sp³-hybridized carbons (Fsp3) is 0.381. The van der Waals surface area contributed by atoms with E-state index in [-0.39, 0.29) is 22.8 Å². The lowest BCUT2D eigenvalue weighted by Gasteiger charge is -2.29. The molecular weight excluding hydrogens is 424 g/mol. The number of Topliss-reactive ketones (excluding diaryl/α,β-unsaturated/α-hetero) is 1. The summed E-state index contributed by atoms with van der Waals surface area (Å²) in [5.41, 5.74) is 0.732. The molecule has 0 atom stereocenters. The third kappa shape index (κ3) is 4.32. The van der Waals surface area contributed by atoms with Crippen molar-refractivity contribution >= 4 is 44.6 Å². The van der Waals surface area contributed by atoms with Crippen molar-refractivity contribution in [3.05, 3.63) is 46.2 Å². The van der Waals surface area contributed by atoms with E-state index in [4.69, 9.17) is 4.74 Å². The van der Waals surface area contributed by atoms with Crippen LogP contribution in [-0.4, -0.2) is 39.2 Å². The highest BCUT2D eigenvalue weighted by Gasteiger charge is 2.32. The van der Waals surface area contributed by atoms with Crippen molar-refractivity contribution in [2.45, 2.75) is 43.4 Å². The molecule has 7 nitrogen and oxygen atoms in total. The van der Waals surface area contributed by atoms with Crippen LogP contribution in [0.1, 0.15) is 58.6 Å². The van der Waals surface area contributed by atoms with Gasteiger partial charge in [-0.15, -0.1) is 15.7 Å². The van der Waals surface area contributed by atoms with Crippen molar-refractivity contribution < 1.29 is 22.7 Å². The molecule has 0 aliphatic carbocycles. The van der Waals surface area contributed by atoms with Gasteiger partial charge in [0.15, 0.2) is 5.78 Å². The van der Waals surface area contributed by atoms with E-state index in [0.29, 0.717) is 42.2 Å². The Labute approximate surface area is 179 Å². The van der Waals surface area contributed by atoms with Crippen LogP contribution in [0.25, 0.3) is 0 Å². The summed E-state index contributed by atoms with van der Waals surface area (Å²) in [6, 6.07) is 8.17. The van der Waals surface area contributed by atoms with Crippen molar-refractivity contribution in [1.29, 1.82) is 0 Å². The Morgan fingerprint density at radius 2 is 2.03 bits per heavy atom. The average Bonchev–Trinajstić information content (AvgIpc) is 3.17. The second kappa shape index (κ2) is 8.69. The quantitative estimate of drug-likeness (QED) is 0.378. The summed E-state index contributed by atoms with van der Waals surface area (Å²) in [6.45, 7) is 0.803. The number of anilines is 1. The maximum absolute atomic E-state index is 12.7. The predicted molar refractivity (Wildman–Crippen MR) is 115 cm³/mol. The number of thiophene rings is 1. The summed E-state index contributed by atoms with van der Waals surface area (Å²) in [6.07, 6.45) is 4.25. The monoisotopic (exact) mass is 446 g/mol. The zero-order valence-electron chi connectivity index (χ0n) is 16.4. The number of sulfonamides is 1. The zero-order chi connectivity index (χ0) is 21.1. The number of amidine groups is 1. The molecule has 9 heteroatoms. The van der Waals surface area contributed by atoms with Gasteiger partial charge < -0.3 is 9.64 Å². The first-order valence-corrected chi connectivity index (χ1v) is 12.3. The van der Waals surface area contributed by atoms with Crippen LogP contribution in [0.3, 0.4) is 0 Å². The molecule has 0 unspecified atom stereocenters. The van der Waals surface area contributed by atoms with Gasteiger partial charge in [-0.25, -0.2) is 4.79 Å². The zero-order valence-corrected chi connectivity index (χ0v) is 18.0. The number of hydrogen-bond donors (Lipinski definition) is 0. The first kappa shape index (κ1) is 20.7. The molecule has 0 N–H and O–H groups in total. The number of nitrogens with zero attached hydrogens (tertiary/aromatic N) is 2.